The first kappa shape index (κ1) is 62.5. The Morgan fingerprint density at radius 3 is 2.06 bits per heavy atom. The molecular formula is C67H101N3O8. The highest BCUT2D eigenvalue weighted by Crippen LogP contribution is 2.62. The number of fused-ring (bicyclic) bond motifs is 3. The number of nitrogens with one attached hydrogen (secondary N) is 1. The molecule has 11 nitrogen and oxygen atoms in total. The van der Waals surface area contributed by atoms with Gasteiger partial charge < -0.3 is 39.5 Å². The average molecular weight is 1080 g/mol. The van der Waals surface area contributed by atoms with Crippen LogP contribution in [0.2, 0.25) is 0 Å². The molecule has 0 spiro atoms. The van der Waals surface area contributed by atoms with Crippen LogP contribution in [0.25, 0.3) is 10.8 Å². The van der Waals surface area contributed by atoms with Gasteiger partial charge in [0.1, 0.15) is 23.1 Å². The van der Waals surface area contributed by atoms with Gasteiger partial charge in [0.25, 0.3) is 0 Å². The van der Waals surface area contributed by atoms with Gasteiger partial charge in [0.15, 0.2) is 0 Å². The topological polar surface area (TPSA) is 139 Å². The van der Waals surface area contributed by atoms with Crippen molar-refractivity contribution in [3.63, 3.8) is 0 Å². The van der Waals surface area contributed by atoms with Gasteiger partial charge in [-0.1, -0.05) is 196 Å². The van der Waals surface area contributed by atoms with Crippen molar-refractivity contribution in [2.45, 2.75) is 238 Å². The van der Waals surface area contributed by atoms with Gasteiger partial charge in [0.05, 0.1) is 18.2 Å². The molecule has 3 aromatic rings. The molecular weight excluding hydrogens is 975 g/mol. The summed E-state index contributed by atoms with van der Waals surface area (Å²) in [5.74, 6) is -1.02. The van der Waals surface area contributed by atoms with Gasteiger partial charge in [-0.2, -0.15) is 0 Å². The van der Waals surface area contributed by atoms with Crippen LogP contribution in [0, 0.1) is 17.8 Å². The number of aliphatic hydroxyl groups excluding tert-OH is 2. The maximum Gasteiger partial charge on any atom is 0.412 e. The summed E-state index contributed by atoms with van der Waals surface area (Å²) in [7, 11) is 0. The summed E-state index contributed by atoms with van der Waals surface area (Å²) < 4.78 is 21.1. The highest BCUT2D eigenvalue weighted by atomic mass is 16.7. The lowest BCUT2D eigenvalue weighted by Gasteiger charge is -2.60. The molecule has 3 N–H and O–H groups in total. The molecule has 2 amide bonds. The number of ether oxygens (including phenoxy) is 3. The van der Waals surface area contributed by atoms with E-state index in [1.54, 1.807) is 6.08 Å². The summed E-state index contributed by atoms with van der Waals surface area (Å²) in [6.45, 7) is 15.9. The molecule has 3 aliphatic rings. The second-order valence-corrected chi connectivity index (χ2v) is 23.7. The van der Waals surface area contributed by atoms with Crippen LogP contribution in [-0.2, 0) is 20.9 Å². The van der Waals surface area contributed by atoms with E-state index in [2.05, 4.69) is 74.3 Å². The quantitative estimate of drug-likeness (QED) is 0.0295. The van der Waals surface area contributed by atoms with Crippen molar-refractivity contribution in [3.8, 4) is 11.5 Å². The van der Waals surface area contributed by atoms with Gasteiger partial charge >= 0.3 is 6.09 Å². The zero-order valence-corrected chi connectivity index (χ0v) is 48.9. The van der Waals surface area contributed by atoms with Crippen molar-refractivity contribution in [1.82, 2.24) is 10.2 Å². The van der Waals surface area contributed by atoms with Crippen LogP contribution < -0.4 is 14.8 Å². The monoisotopic (exact) mass is 1080 g/mol. The van der Waals surface area contributed by atoms with Crippen molar-refractivity contribution < 1.29 is 38.9 Å². The molecule has 78 heavy (non-hydrogen) atoms. The third kappa shape index (κ3) is 18.2. The van der Waals surface area contributed by atoms with Crippen LogP contribution in [0.3, 0.4) is 0 Å². The third-order valence-electron chi connectivity index (χ3n) is 16.5. The van der Waals surface area contributed by atoms with E-state index in [-0.39, 0.29) is 43.5 Å². The number of carbonyl (C=O) groups excluding carboxylic acids is 2. The SMILES string of the molecule is C=CCOC12Oc3ccc(OC(=O)NCCCCCCCCCCCC)cc3C3C(CCCCO)C(CCCCO)C=C(C(=NOC(C)(C)C)CC1N(Cc1cccc4ccccc14)C(=O)CCCCCCCCCCC)C32. The number of unbranched alkanes of at least 4 members (excludes halogenated alkanes) is 19. The van der Waals surface area contributed by atoms with Gasteiger partial charge in [0.2, 0.25) is 11.7 Å². The largest absolute Gasteiger partial charge is 0.459 e. The number of carbonyl (C=O) groups is 2. The van der Waals surface area contributed by atoms with Crippen molar-refractivity contribution in [2.24, 2.45) is 22.9 Å². The smallest absolute Gasteiger partial charge is 0.412 e. The Morgan fingerprint density at radius 1 is 0.782 bits per heavy atom. The fraction of sp³-hybridized carbons (Fsp3) is 0.657. The lowest BCUT2D eigenvalue weighted by Crippen LogP contribution is -2.70. The Balaban J connectivity index is 1.42. The van der Waals surface area contributed by atoms with E-state index in [0.717, 1.165) is 97.4 Å². The second kappa shape index (κ2) is 33.1. The minimum atomic E-state index is -1.42. The van der Waals surface area contributed by atoms with Crippen molar-refractivity contribution in [2.75, 3.05) is 26.4 Å². The molecule has 432 valence electrons. The molecule has 3 aromatic carbocycles. The van der Waals surface area contributed by atoms with E-state index in [1.165, 1.54) is 83.5 Å². The van der Waals surface area contributed by atoms with Crippen LogP contribution >= 0.6 is 0 Å². The lowest BCUT2D eigenvalue weighted by molar-refractivity contribution is -0.258. The van der Waals surface area contributed by atoms with E-state index in [0.29, 0.717) is 50.3 Å². The maximum absolute atomic E-state index is 15.6. The van der Waals surface area contributed by atoms with Gasteiger partial charge in [-0.3, -0.25) is 4.79 Å². The number of nitrogens with zero attached hydrogens (tertiary/aromatic N) is 2. The summed E-state index contributed by atoms with van der Waals surface area (Å²) >= 11 is 0. The van der Waals surface area contributed by atoms with Crippen LogP contribution in [0.1, 0.15) is 225 Å². The molecule has 1 fully saturated rings. The zero-order valence-electron chi connectivity index (χ0n) is 48.9. The fourth-order valence-corrected chi connectivity index (χ4v) is 12.6. The highest BCUT2D eigenvalue weighted by Gasteiger charge is 2.65. The van der Waals surface area contributed by atoms with Crippen LogP contribution in [0.4, 0.5) is 4.79 Å². The van der Waals surface area contributed by atoms with Gasteiger partial charge in [-0.25, -0.2) is 4.79 Å². The molecule has 1 aliphatic heterocycles. The first-order chi connectivity index (χ1) is 38.0. The number of hydrogen-bond donors (Lipinski definition) is 3. The fourth-order valence-electron chi connectivity index (χ4n) is 12.6. The first-order valence-corrected chi connectivity index (χ1v) is 31.0. The number of oxime groups is 1. The highest BCUT2D eigenvalue weighted by molar-refractivity contribution is 6.03. The van der Waals surface area contributed by atoms with E-state index < -0.39 is 29.4 Å². The summed E-state index contributed by atoms with van der Waals surface area (Å²) in [4.78, 5) is 37.6. The Labute approximate surface area is 470 Å². The molecule has 0 radical (unpaired) electrons. The van der Waals surface area contributed by atoms with E-state index in [9.17, 15) is 15.0 Å². The number of amides is 2. The Kier molecular flexibility index (Phi) is 26.5. The van der Waals surface area contributed by atoms with Crippen LogP contribution in [0.15, 0.2) is 90.1 Å². The zero-order chi connectivity index (χ0) is 55.6. The summed E-state index contributed by atoms with van der Waals surface area (Å²) in [6.07, 6.45) is 31.4. The predicted octanol–water partition coefficient (Wildman–Crippen LogP) is 16.2. The Morgan fingerprint density at radius 2 is 1.41 bits per heavy atom. The van der Waals surface area contributed by atoms with Crippen molar-refractivity contribution in [1.29, 1.82) is 0 Å². The molecule has 0 aromatic heterocycles. The van der Waals surface area contributed by atoms with E-state index >= 15 is 4.79 Å². The van der Waals surface area contributed by atoms with Crippen LogP contribution in [0.5, 0.6) is 11.5 Å². The standard InChI is InChI=1S/C67H101N3O8/c1-7-10-12-14-16-18-20-22-24-30-43-68-65(74)76-54-41-42-60-58(48-54)63-56(39-29-32-45-72)52(35-28-31-44-71)47-57-59(69-78-66(4,5)6)49-61(67(77-60,64(57)63)75-46-9-3)70(50-53-37-33-36-51-34-26-27-38-55(51)53)62(73)40-25-23-21-19-17-15-13-11-8-2/h9,26-27,33-34,36-38,41-42,47-48,52,56,61,63-64,71-72H,3,7-8,10-25,28-32,35,39-40,43-46,49-50H2,1-2,4-6H3,(H,68,74). The maximum atomic E-state index is 15.6. The third-order valence-corrected chi connectivity index (χ3v) is 16.5. The number of rotatable bonds is 37. The van der Waals surface area contributed by atoms with E-state index in [4.69, 9.17) is 24.2 Å². The normalized spacial score (nSPS) is 21.1. The molecule has 2 aliphatic carbocycles. The summed E-state index contributed by atoms with van der Waals surface area (Å²) in [6, 6.07) is 19.7. The molecule has 1 saturated carbocycles. The Bertz CT molecular complexity index is 2330. The second-order valence-electron chi connectivity index (χ2n) is 23.7. The molecule has 6 rings (SSSR count). The number of hydrogen-bond acceptors (Lipinski definition) is 9. The summed E-state index contributed by atoms with van der Waals surface area (Å²) in [5.41, 5.74) is 3.06. The lowest BCUT2D eigenvalue weighted by atomic mass is 9.55. The Hall–Kier alpha value is -4.71. The minimum absolute atomic E-state index is 0.0199. The first-order valence-electron chi connectivity index (χ1n) is 31.0. The van der Waals surface area contributed by atoms with E-state index in [1.807, 2.05) is 43.9 Å². The van der Waals surface area contributed by atoms with Crippen LogP contribution in [-0.4, -0.2) is 76.6 Å². The molecule has 0 saturated heterocycles. The number of benzene rings is 3. The minimum Gasteiger partial charge on any atom is -0.459 e. The number of aliphatic hydroxyl groups is 2. The molecule has 6 atom stereocenters. The number of allylic oxidation sites excluding steroid dienone is 1. The molecule has 11 heteroatoms. The van der Waals surface area contributed by atoms with Gasteiger partial charge in [-0.15, -0.1) is 6.58 Å². The predicted molar refractivity (Wildman–Crippen MR) is 318 cm³/mol. The molecule has 1 heterocycles. The molecule has 6 unspecified atom stereocenters. The average Bonchev–Trinajstić information content (AvgIpc) is 3.63. The van der Waals surface area contributed by atoms with Crippen molar-refractivity contribution >= 4 is 28.5 Å². The summed E-state index contributed by atoms with van der Waals surface area (Å²) in [5, 5.41) is 30.6. The van der Waals surface area contributed by atoms with Gasteiger partial charge in [0, 0.05) is 50.6 Å². The van der Waals surface area contributed by atoms with Gasteiger partial charge in [-0.05, 0) is 111 Å². The molecule has 0 bridgehead atoms. The van der Waals surface area contributed by atoms with Crippen molar-refractivity contribution in [3.05, 3.63) is 96.1 Å².